The molecule has 3 nitrogen and oxygen atoms in total. The fourth-order valence-corrected chi connectivity index (χ4v) is 1.07. The molecule has 1 aromatic rings. The normalized spacial score (nSPS) is 9.13. The molecule has 1 rings (SSSR count). The number of hydrogen-bond acceptors (Lipinski definition) is 3. The summed E-state index contributed by atoms with van der Waals surface area (Å²) in [4.78, 5) is 10.1. The van der Waals surface area contributed by atoms with E-state index in [2.05, 4.69) is 6.92 Å². The van der Waals surface area contributed by atoms with Crippen LogP contribution in [0.25, 0.3) is 0 Å². The number of rotatable bonds is 5. The Balaban J connectivity index is 0.00000196. The van der Waals surface area contributed by atoms with Crippen molar-refractivity contribution in [1.82, 2.24) is 0 Å². The Morgan fingerprint density at radius 3 is 2.40 bits per heavy atom. The molecule has 0 spiro atoms. The molecular weight excluding hydrogens is 203 g/mol. The maximum absolute atomic E-state index is 10.1. The Morgan fingerprint density at radius 2 is 1.93 bits per heavy atom. The van der Waals surface area contributed by atoms with Crippen LogP contribution in [-0.2, 0) is 11.2 Å². The molecule has 0 unspecified atom stereocenters. The van der Waals surface area contributed by atoms with E-state index in [-0.39, 0.29) is 42.6 Å². The van der Waals surface area contributed by atoms with Crippen LogP contribution in [0.1, 0.15) is 18.9 Å². The average Bonchev–Trinajstić information content (AvgIpc) is 2.18. The van der Waals surface area contributed by atoms with Crippen molar-refractivity contribution in [1.29, 1.82) is 0 Å². The standard InChI is InChI=1S/C11H14O3.Na/c1-2-9-3-5-10(6-4-9)14-8-7-11(12)13;/h3-6H,2,7-8H2,1H3,(H,12,13);/q;+1/p-1. The average molecular weight is 216 g/mol. The van der Waals surface area contributed by atoms with Crippen LogP contribution >= 0.6 is 0 Å². The van der Waals surface area contributed by atoms with Crippen LogP contribution in [-0.4, -0.2) is 12.6 Å². The largest absolute Gasteiger partial charge is 1.00 e. The van der Waals surface area contributed by atoms with Gasteiger partial charge in [-0.2, -0.15) is 0 Å². The fraction of sp³-hybridized carbons (Fsp3) is 0.364. The summed E-state index contributed by atoms with van der Waals surface area (Å²) < 4.78 is 5.20. The van der Waals surface area contributed by atoms with Crippen molar-refractivity contribution in [2.75, 3.05) is 6.61 Å². The summed E-state index contributed by atoms with van der Waals surface area (Å²) in [6.45, 7) is 2.24. The van der Waals surface area contributed by atoms with Crippen molar-refractivity contribution in [2.24, 2.45) is 0 Å². The van der Waals surface area contributed by atoms with Crippen molar-refractivity contribution >= 4 is 5.97 Å². The number of carboxylic acids is 1. The molecule has 0 saturated carbocycles. The Hall–Kier alpha value is -0.510. The summed E-state index contributed by atoms with van der Waals surface area (Å²) in [5, 5.41) is 10.1. The number of benzene rings is 1. The van der Waals surface area contributed by atoms with Crippen LogP contribution in [0.5, 0.6) is 5.75 Å². The molecule has 1 aromatic carbocycles. The first-order valence-electron chi connectivity index (χ1n) is 4.64. The zero-order chi connectivity index (χ0) is 10.4. The Labute approximate surface area is 112 Å². The first kappa shape index (κ1) is 14.5. The summed E-state index contributed by atoms with van der Waals surface area (Å²) in [6, 6.07) is 7.62. The van der Waals surface area contributed by atoms with Gasteiger partial charge in [-0.1, -0.05) is 19.1 Å². The van der Waals surface area contributed by atoms with E-state index < -0.39 is 5.97 Å². The van der Waals surface area contributed by atoms with E-state index in [4.69, 9.17) is 4.74 Å². The third-order valence-electron chi connectivity index (χ3n) is 1.91. The molecule has 0 saturated heterocycles. The summed E-state index contributed by atoms with van der Waals surface area (Å²) in [5.74, 6) is -0.390. The van der Waals surface area contributed by atoms with Gasteiger partial charge in [-0.3, -0.25) is 0 Å². The number of carboxylic acid groups (broad SMARTS) is 1. The molecule has 76 valence electrons. The monoisotopic (exact) mass is 216 g/mol. The quantitative estimate of drug-likeness (QED) is 0.523. The van der Waals surface area contributed by atoms with Crippen LogP contribution in [0.15, 0.2) is 24.3 Å². The number of hydrogen-bond donors (Lipinski definition) is 0. The van der Waals surface area contributed by atoms with Gasteiger partial charge >= 0.3 is 29.6 Å². The Bertz CT molecular complexity index is 295. The molecule has 15 heavy (non-hydrogen) atoms. The Morgan fingerprint density at radius 1 is 1.33 bits per heavy atom. The number of carbonyl (C=O) groups excluding carboxylic acids is 1. The minimum atomic E-state index is -1.09. The molecule has 0 aliphatic heterocycles. The predicted octanol–water partition coefficient (Wildman–Crippen LogP) is -2.23. The van der Waals surface area contributed by atoms with Gasteiger partial charge in [0.15, 0.2) is 0 Å². The van der Waals surface area contributed by atoms with Gasteiger partial charge in [0.25, 0.3) is 0 Å². The van der Waals surface area contributed by atoms with Crippen molar-refractivity contribution in [2.45, 2.75) is 19.8 Å². The van der Waals surface area contributed by atoms with Gasteiger partial charge < -0.3 is 14.6 Å². The van der Waals surface area contributed by atoms with Gasteiger partial charge in [0.2, 0.25) is 0 Å². The summed E-state index contributed by atoms with van der Waals surface area (Å²) >= 11 is 0. The van der Waals surface area contributed by atoms with Crippen molar-refractivity contribution < 1.29 is 44.2 Å². The molecule has 0 fully saturated rings. The second-order valence-electron chi connectivity index (χ2n) is 2.97. The molecule has 0 radical (unpaired) electrons. The maximum Gasteiger partial charge on any atom is 1.00 e. The number of aryl methyl sites for hydroxylation is 1. The second kappa shape index (κ2) is 7.74. The van der Waals surface area contributed by atoms with Crippen LogP contribution in [0.4, 0.5) is 0 Å². The maximum atomic E-state index is 10.1. The fourth-order valence-electron chi connectivity index (χ4n) is 1.07. The topological polar surface area (TPSA) is 49.4 Å². The minimum Gasteiger partial charge on any atom is -0.550 e. The van der Waals surface area contributed by atoms with Crippen LogP contribution in [0, 0.1) is 0 Å². The molecule has 0 bridgehead atoms. The van der Waals surface area contributed by atoms with Gasteiger partial charge in [0.1, 0.15) is 5.75 Å². The first-order chi connectivity index (χ1) is 6.72. The van der Waals surface area contributed by atoms with E-state index in [1.54, 1.807) is 0 Å². The molecule has 0 amide bonds. The second-order valence-corrected chi connectivity index (χ2v) is 2.97. The van der Waals surface area contributed by atoms with Crippen LogP contribution < -0.4 is 39.4 Å². The molecule has 0 aliphatic rings. The molecule has 0 heterocycles. The Kier molecular flexibility index (Phi) is 7.48. The zero-order valence-corrected chi connectivity index (χ0v) is 11.2. The number of carbonyl (C=O) groups is 1. The van der Waals surface area contributed by atoms with Gasteiger partial charge in [0, 0.05) is 12.4 Å². The summed E-state index contributed by atoms with van der Waals surface area (Å²) in [5.41, 5.74) is 1.23. The molecule has 0 N–H and O–H groups in total. The SMILES string of the molecule is CCc1ccc(OCCC(=O)[O-])cc1.[Na+]. The van der Waals surface area contributed by atoms with E-state index in [0.29, 0.717) is 5.75 Å². The first-order valence-corrected chi connectivity index (χ1v) is 4.64. The molecule has 0 aliphatic carbocycles. The third kappa shape index (κ3) is 5.82. The third-order valence-corrected chi connectivity index (χ3v) is 1.91. The van der Waals surface area contributed by atoms with Gasteiger partial charge in [0.05, 0.1) is 6.61 Å². The molecular formula is C11H13NaO3. The van der Waals surface area contributed by atoms with Gasteiger partial charge in [-0.15, -0.1) is 0 Å². The predicted molar refractivity (Wildman–Crippen MR) is 50.9 cm³/mol. The smallest absolute Gasteiger partial charge is 0.550 e. The van der Waals surface area contributed by atoms with E-state index >= 15 is 0 Å². The van der Waals surface area contributed by atoms with Gasteiger partial charge in [-0.25, -0.2) is 0 Å². The van der Waals surface area contributed by atoms with Crippen molar-refractivity contribution in [3.63, 3.8) is 0 Å². The molecule has 4 heteroatoms. The molecule has 0 aromatic heterocycles. The molecule has 0 atom stereocenters. The van der Waals surface area contributed by atoms with Crippen molar-refractivity contribution in [3.05, 3.63) is 29.8 Å². The van der Waals surface area contributed by atoms with E-state index in [9.17, 15) is 9.90 Å². The number of ether oxygens (including phenoxy) is 1. The van der Waals surface area contributed by atoms with E-state index in [0.717, 1.165) is 6.42 Å². The minimum absolute atomic E-state index is 0. The van der Waals surface area contributed by atoms with Gasteiger partial charge in [-0.05, 0) is 24.1 Å². The van der Waals surface area contributed by atoms with E-state index in [1.807, 2.05) is 24.3 Å². The summed E-state index contributed by atoms with van der Waals surface area (Å²) in [7, 11) is 0. The van der Waals surface area contributed by atoms with Crippen LogP contribution in [0.3, 0.4) is 0 Å². The number of aliphatic carboxylic acids is 1. The van der Waals surface area contributed by atoms with E-state index in [1.165, 1.54) is 5.56 Å². The van der Waals surface area contributed by atoms with Crippen LogP contribution in [0.2, 0.25) is 0 Å². The van der Waals surface area contributed by atoms with Crippen molar-refractivity contribution in [3.8, 4) is 5.75 Å². The summed E-state index contributed by atoms with van der Waals surface area (Å²) in [6.07, 6.45) is 0.912. The zero-order valence-electron chi connectivity index (χ0n) is 9.16.